The van der Waals surface area contributed by atoms with Gasteiger partial charge in [-0.1, -0.05) is 30.3 Å². The number of nitrogens with one attached hydrogen (secondary N) is 1. The van der Waals surface area contributed by atoms with Gasteiger partial charge in [-0.15, -0.1) is 0 Å². The molecule has 1 saturated heterocycles. The maximum Gasteiger partial charge on any atom is 0.222 e. The van der Waals surface area contributed by atoms with Crippen LogP contribution in [0.5, 0.6) is 0 Å². The van der Waals surface area contributed by atoms with E-state index < -0.39 is 0 Å². The van der Waals surface area contributed by atoms with Crippen molar-refractivity contribution in [1.29, 1.82) is 0 Å². The summed E-state index contributed by atoms with van der Waals surface area (Å²) in [6.45, 7) is 4.25. The van der Waals surface area contributed by atoms with Gasteiger partial charge in [0.15, 0.2) is 0 Å². The van der Waals surface area contributed by atoms with Crippen LogP contribution in [0.4, 0.5) is 0 Å². The molecular formula is C19H25N3O3. The second-order valence-corrected chi connectivity index (χ2v) is 6.29. The number of benzene rings is 1. The number of hydrogen-bond donors (Lipinski definition) is 1. The minimum atomic E-state index is -0.118. The molecule has 0 saturated carbocycles. The SMILES string of the molecule is Cc1nccn1CCC(=O)N[C@@H]1CCOC[C@H]1OCc1ccccc1. The van der Waals surface area contributed by atoms with Crippen molar-refractivity contribution < 1.29 is 14.3 Å². The fraction of sp³-hybridized carbons (Fsp3) is 0.474. The van der Waals surface area contributed by atoms with Gasteiger partial charge in [0, 0.05) is 32.0 Å². The van der Waals surface area contributed by atoms with Crippen molar-refractivity contribution in [2.75, 3.05) is 13.2 Å². The van der Waals surface area contributed by atoms with Crippen molar-refractivity contribution >= 4 is 5.91 Å². The van der Waals surface area contributed by atoms with E-state index in [1.165, 1.54) is 0 Å². The third-order valence-corrected chi connectivity index (χ3v) is 4.46. The van der Waals surface area contributed by atoms with Crippen LogP contribution in [-0.4, -0.2) is 40.8 Å². The Bertz CT molecular complexity index is 672. The van der Waals surface area contributed by atoms with Crippen molar-refractivity contribution in [3.05, 3.63) is 54.1 Å². The summed E-state index contributed by atoms with van der Waals surface area (Å²) in [6, 6.07) is 10.0. The molecule has 6 nitrogen and oxygen atoms in total. The number of ether oxygens (including phenoxy) is 2. The molecule has 1 fully saturated rings. The molecule has 2 aromatic rings. The predicted octanol–water partition coefficient (Wildman–Crippen LogP) is 2.07. The number of rotatable bonds is 7. The van der Waals surface area contributed by atoms with Crippen LogP contribution in [0, 0.1) is 6.92 Å². The summed E-state index contributed by atoms with van der Waals surface area (Å²) in [5.74, 6) is 0.955. The lowest BCUT2D eigenvalue weighted by atomic mass is 10.1. The Morgan fingerprint density at radius 2 is 2.24 bits per heavy atom. The van der Waals surface area contributed by atoms with Gasteiger partial charge in [-0.25, -0.2) is 4.98 Å². The maximum atomic E-state index is 12.3. The van der Waals surface area contributed by atoms with Crippen LogP contribution in [0.3, 0.4) is 0 Å². The van der Waals surface area contributed by atoms with Gasteiger partial charge < -0.3 is 19.4 Å². The molecule has 1 aromatic carbocycles. The first-order valence-electron chi connectivity index (χ1n) is 8.73. The lowest BCUT2D eigenvalue weighted by Gasteiger charge is -2.32. The summed E-state index contributed by atoms with van der Waals surface area (Å²) in [7, 11) is 0. The van der Waals surface area contributed by atoms with E-state index in [0.29, 0.717) is 32.8 Å². The van der Waals surface area contributed by atoms with Crippen LogP contribution < -0.4 is 5.32 Å². The Morgan fingerprint density at radius 1 is 1.40 bits per heavy atom. The number of carbonyl (C=O) groups is 1. The predicted molar refractivity (Wildman–Crippen MR) is 94.0 cm³/mol. The Balaban J connectivity index is 1.48. The van der Waals surface area contributed by atoms with E-state index in [1.54, 1.807) is 6.20 Å². The number of aryl methyl sites for hydroxylation is 2. The highest BCUT2D eigenvalue weighted by Gasteiger charge is 2.27. The van der Waals surface area contributed by atoms with Crippen molar-refractivity contribution in [3.8, 4) is 0 Å². The summed E-state index contributed by atoms with van der Waals surface area (Å²) in [5, 5.41) is 3.11. The average molecular weight is 343 g/mol. The van der Waals surface area contributed by atoms with Gasteiger partial charge in [0.1, 0.15) is 11.9 Å². The average Bonchev–Trinajstić information content (AvgIpc) is 3.05. The fourth-order valence-corrected chi connectivity index (χ4v) is 2.96. The molecule has 2 atom stereocenters. The number of carbonyl (C=O) groups excluding carboxylic acids is 1. The van der Waals surface area contributed by atoms with Crippen molar-refractivity contribution in [2.45, 2.75) is 45.1 Å². The molecule has 2 heterocycles. The van der Waals surface area contributed by atoms with E-state index in [9.17, 15) is 4.79 Å². The van der Waals surface area contributed by atoms with Crippen LogP contribution >= 0.6 is 0 Å². The maximum absolute atomic E-state index is 12.3. The van der Waals surface area contributed by atoms with E-state index in [0.717, 1.165) is 17.8 Å². The smallest absolute Gasteiger partial charge is 0.222 e. The molecule has 0 radical (unpaired) electrons. The summed E-state index contributed by atoms with van der Waals surface area (Å²) in [4.78, 5) is 16.5. The van der Waals surface area contributed by atoms with Crippen LogP contribution in [-0.2, 0) is 27.4 Å². The minimum Gasteiger partial charge on any atom is -0.379 e. The van der Waals surface area contributed by atoms with Gasteiger partial charge >= 0.3 is 0 Å². The van der Waals surface area contributed by atoms with E-state index in [1.807, 2.05) is 48.0 Å². The highest BCUT2D eigenvalue weighted by atomic mass is 16.5. The molecule has 1 amide bonds. The van der Waals surface area contributed by atoms with E-state index >= 15 is 0 Å². The molecule has 25 heavy (non-hydrogen) atoms. The standard InChI is InChI=1S/C19H25N3O3/c1-15-20-9-11-22(15)10-7-19(23)21-17-8-12-24-14-18(17)25-13-16-5-3-2-4-6-16/h2-6,9,11,17-18H,7-8,10,12-14H2,1H3,(H,21,23)/t17-,18-/m1/s1. The molecule has 134 valence electrons. The third-order valence-electron chi connectivity index (χ3n) is 4.46. The first-order valence-corrected chi connectivity index (χ1v) is 8.73. The second kappa shape index (κ2) is 8.78. The second-order valence-electron chi connectivity index (χ2n) is 6.29. The zero-order valence-corrected chi connectivity index (χ0v) is 14.6. The van der Waals surface area contributed by atoms with Crippen LogP contribution in [0.15, 0.2) is 42.7 Å². The summed E-state index contributed by atoms with van der Waals surface area (Å²) >= 11 is 0. The zero-order chi connectivity index (χ0) is 17.5. The number of aromatic nitrogens is 2. The first-order chi connectivity index (χ1) is 12.2. The molecule has 1 aliphatic rings. The Labute approximate surface area is 148 Å². The van der Waals surface area contributed by atoms with Crippen molar-refractivity contribution in [3.63, 3.8) is 0 Å². The summed E-state index contributed by atoms with van der Waals surface area (Å²) in [6.07, 6.45) is 4.73. The van der Waals surface area contributed by atoms with Crippen molar-refractivity contribution in [2.24, 2.45) is 0 Å². The molecule has 1 aromatic heterocycles. The van der Waals surface area contributed by atoms with E-state index in [4.69, 9.17) is 9.47 Å². The Kier molecular flexibility index (Phi) is 6.19. The molecule has 3 rings (SSSR count). The van der Waals surface area contributed by atoms with Crippen LogP contribution in [0.25, 0.3) is 0 Å². The normalized spacial score (nSPS) is 20.4. The zero-order valence-electron chi connectivity index (χ0n) is 14.6. The largest absolute Gasteiger partial charge is 0.379 e. The highest BCUT2D eigenvalue weighted by molar-refractivity contribution is 5.76. The van der Waals surface area contributed by atoms with Crippen LogP contribution in [0.2, 0.25) is 0 Å². The van der Waals surface area contributed by atoms with Gasteiger partial charge in [-0.2, -0.15) is 0 Å². The molecule has 1 aliphatic heterocycles. The van der Waals surface area contributed by atoms with Crippen LogP contribution in [0.1, 0.15) is 24.2 Å². The topological polar surface area (TPSA) is 65.4 Å². The molecule has 1 N–H and O–H groups in total. The lowest BCUT2D eigenvalue weighted by Crippen LogP contribution is -2.50. The molecule has 0 aliphatic carbocycles. The molecular weight excluding hydrogens is 318 g/mol. The Morgan fingerprint density at radius 3 is 3.00 bits per heavy atom. The molecule has 6 heteroatoms. The number of imidazole rings is 1. The van der Waals surface area contributed by atoms with E-state index in [2.05, 4.69) is 10.3 Å². The quantitative estimate of drug-likeness (QED) is 0.836. The number of amides is 1. The fourth-order valence-electron chi connectivity index (χ4n) is 2.96. The number of nitrogens with zero attached hydrogens (tertiary/aromatic N) is 2. The monoisotopic (exact) mass is 343 g/mol. The van der Waals surface area contributed by atoms with Gasteiger partial charge in [0.25, 0.3) is 0 Å². The summed E-state index contributed by atoms with van der Waals surface area (Å²) < 4.78 is 13.5. The summed E-state index contributed by atoms with van der Waals surface area (Å²) in [5.41, 5.74) is 1.12. The molecule has 0 bridgehead atoms. The van der Waals surface area contributed by atoms with Gasteiger partial charge in [-0.05, 0) is 18.9 Å². The van der Waals surface area contributed by atoms with Gasteiger partial charge in [0.05, 0.1) is 19.3 Å². The molecule has 0 spiro atoms. The lowest BCUT2D eigenvalue weighted by molar-refractivity contribution is -0.126. The third kappa shape index (κ3) is 5.14. The Hall–Kier alpha value is -2.18. The van der Waals surface area contributed by atoms with Crippen molar-refractivity contribution in [1.82, 2.24) is 14.9 Å². The minimum absolute atomic E-state index is 0.00570. The van der Waals surface area contributed by atoms with Gasteiger partial charge in [-0.3, -0.25) is 4.79 Å². The van der Waals surface area contributed by atoms with E-state index in [-0.39, 0.29) is 18.1 Å². The highest BCUT2D eigenvalue weighted by Crippen LogP contribution is 2.14. The van der Waals surface area contributed by atoms with Gasteiger partial charge in [0.2, 0.25) is 5.91 Å². The molecule has 0 unspecified atom stereocenters. The first kappa shape index (κ1) is 17.6. The number of hydrogen-bond acceptors (Lipinski definition) is 4.